The zero-order valence-corrected chi connectivity index (χ0v) is 12.8. The summed E-state index contributed by atoms with van der Waals surface area (Å²) in [7, 11) is 1.63. The maximum absolute atomic E-state index is 11.8. The van der Waals surface area contributed by atoms with Crippen LogP contribution in [0, 0.1) is 11.3 Å². The minimum atomic E-state index is -0.304. The Hall–Kier alpha value is -1.97. The first-order valence-corrected chi connectivity index (χ1v) is 7.58. The molecular formula is C14H12ClN3O2S. The van der Waals surface area contributed by atoms with E-state index >= 15 is 0 Å². The summed E-state index contributed by atoms with van der Waals surface area (Å²) in [4.78, 5) is 11.8. The van der Waals surface area contributed by atoms with Gasteiger partial charge in [0.05, 0.1) is 17.3 Å². The number of aromatic nitrogens is 1. The Labute approximate surface area is 130 Å². The molecule has 0 saturated heterocycles. The summed E-state index contributed by atoms with van der Waals surface area (Å²) in [6.45, 7) is 0.691. The van der Waals surface area contributed by atoms with Crippen LogP contribution in [-0.4, -0.2) is 10.6 Å². The zero-order valence-electron chi connectivity index (χ0n) is 11.3. The smallest absolute Gasteiger partial charge is 0.280 e. The first kappa shape index (κ1) is 14.0. The van der Waals surface area contributed by atoms with E-state index in [0.717, 1.165) is 24.2 Å². The Balaban J connectivity index is 2.09. The molecule has 0 fully saturated rings. The normalized spacial score (nSPS) is 13.2. The topological polar surface area (TPSA) is 67.1 Å². The van der Waals surface area contributed by atoms with Gasteiger partial charge in [0.15, 0.2) is 5.56 Å². The molecule has 0 bridgehead atoms. The quantitative estimate of drug-likeness (QED) is 0.923. The van der Waals surface area contributed by atoms with Gasteiger partial charge in [-0.2, -0.15) is 5.26 Å². The van der Waals surface area contributed by atoms with Crippen LogP contribution in [0.1, 0.15) is 17.5 Å². The Bertz CT molecular complexity index is 804. The number of anilines is 2. The van der Waals surface area contributed by atoms with Crippen molar-refractivity contribution in [3.63, 3.8) is 0 Å². The van der Waals surface area contributed by atoms with E-state index in [2.05, 4.69) is 5.32 Å². The number of hydrogen-bond donors (Lipinski definition) is 1. The fraction of sp³-hybridized carbons (Fsp3) is 0.286. The van der Waals surface area contributed by atoms with Crippen LogP contribution >= 0.6 is 23.1 Å². The molecule has 0 saturated carbocycles. The minimum Gasteiger partial charge on any atom is -0.493 e. The van der Waals surface area contributed by atoms with E-state index in [1.807, 2.05) is 12.1 Å². The summed E-state index contributed by atoms with van der Waals surface area (Å²) in [5, 5.41) is 13.3. The summed E-state index contributed by atoms with van der Waals surface area (Å²) < 4.78 is 7.03. The Morgan fingerprint density at radius 1 is 1.52 bits per heavy atom. The molecule has 0 atom stereocenters. The van der Waals surface area contributed by atoms with E-state index in [9.17, 15) is 4.79 Å². The number of aryl methyl sites for hydroxylation is 1. The monoisotopic (exact) mass is 321 g/mol. The Morgan fingerprint density at radius 2 is 2.33 bits per heavy atom. The van der Waals surface area contributed by atoms with Crippen molar-refractivity contribution in [3.05, 3.63) is 38.6 Å². The van der Waals surface area contributed by atoms with Gasteiger partial charge < -0.3 is 10.1 Å². The molecule has 0 spiro atoms. The largest absolute Gasteiger partial charge is 0.493 e. The van der Waals surface area contributed by atoms with Crippen molar-refractivity contribution in [3.8, 4) is 11.8 Å². The van der Waals surface area contributed by atoms with Gasteiger partial charge in [-0.25, -0.2) is 0 Å². The van der Waals surface area contributed by atoms with Crippen molar-refractivity contribution in [1.82, 2.24) is 3.96 Å². The lowest BCUT2D eigenvalue weighted by Crippen LogP contribution is -2.12. The molecule has 3 rings (SSSR count). The number of benzene rings is 1. The van der Waals surface area contributed by atoms with Crippen LogP contribution in [0.4, 0.5) is 10.7 Å². The van der Waals surface area contributed by atoms with Gasteiger partial charge in [-0.05, 0) is 36.5 Å². The standard InChI is InChI=1S/C14H12ClN3O2S/c1-18-14(19)9(7-16)13(21-18)17-12-8-3-2-6-20-11(8)5-4-10(12)15/h4-5,17H,2-3,6H2,1H3. The van der Waals surface area contributed by atoms with Gasteiger partial charge in [0.1, 0.15) is 16.8 Å². The molecule has 2 aromatic rings. The highest BCUT2D eigenvalue weighted by atomic mass is 35.5. The number of fused-ring (bicyclic) bond motifs is 1. The van der Waals surface area contributed by atoms with E-state index in [-0.39, 0.29) is 11.1 Å². The molecule has 1 aliphatic rings. The first-order chi connectivity index (χ1) is 10.1. The van der Waals surface area contributed by atoms with Crippen LogP contribution in [0.5, 0.6) is 5.75 Å². The van der Waals surface area contributed by atoms with Gasteiger partial charge in [-0.1, -0.05) is 11.6 Å². The number of ether oxygens (including phenoxy) is 1. The number of halogens is 1. The number of nitriles is 1. The van der Waals surface area contributed by atoms with Crippen LogP contribution in [0.15, 0.2) is 16.9 Å². The Kier molecular flexibility index (Phi) is 3.62. The summed E-state index contributed by atoms with van der Waals surface area (Å²) in [6.07, 6.45) is 1.76. The van der Waals surface area contributed by atoms with Gasteiger partial charge in [-0.3, -0.25) is 8.75 Å². The molecule has 1 aromatic heterocycles. The van der Waals surface area contributed by atoms with E-state index < -0.39 is 0 Å². The molecule has 7 heteroatoms. The predicted octanol–water partition coefficient (Wildman–Crippen LogP) is 3.04. The molecule has 21 heavy (non-hydrogen) atoms. The number of hydrogen-bond acceptors (Lipinski definition) is 5. The van der Waals surface area contributed by atoms with Crippen LogP contribution < -0.4 is 15.6 Å². The maximum Gasteiger partial charge on any atom is 0.280 e. The molecule has 0 aliphatic carbocycles. The summed E-state index contributed by atoms with van der Waals surface area (Å²) in [5.74, 6) is 0.801. The molecule has 1 aromatic carbocycles. The van der Waals surface area contributed by atoms with Crippen molar-refractivity contribution >= 4 is 33.8 Å². The second-order valence-electron chi connectivity index (χ2n) is 4.69. The maximum atomic E-state index is 11.8. The van der Waals surface area contributed by atoms with Crippen LogP contribution in [0.2, 0.25) is 5.02 Å². The van der Waals surface area contributed by atoms with E-state index in [1.54, 1.807) is 13.1 Å². The molecule has 0 amide bonds. The zero-order chi connectivity index (χ0) is 15.0. The number of rotatable bonds is 2. The molecular weight excluding hydrogens is 310 g/mol. The SMILES string of the molecule is Cn1sc(Nc2c(Cl)ccc3c2CCCO3)c(C#N)c1=O. The van der Waals surface area contributed by atoms with Gasteiger partial charge in [0, 0.05) is 12.6 Å². The van der Waals surface area contributed by atoms with Gasteiger partial charge in [-0.15, -0.1) is 0 Å². The van der Waals surface area contributed by atoms with Crippen molar-refractivity contribution in [2.75, 3.05) is 11.9 Å². The van der Waals surface area contributed by atoms with Gasteiger partial charge >= 0.3 is 0 Å². The van der Waals surface area contributed by atoms with E-state index in [4.69, 9.17) is 21.6 Å². The highest BCUT2D eigenvalue weighted by Gasteiger charge is 2.20. The molecule has 1 aliphatic heterocycles. The van der Waals surface area contributed by atoms with Crippen molar-refractivity contribution < 1.29 is 4.74 Å². The summed E-state index contributed by atoms with van der Waals surface area (Å²) in [6, 6.07) is 5.55. The summed E-state index contributed by atoms with van der Waals surface area (Å²) >= 11 is 7.46. The predicted molar refractivity (Wildman–Crippen MR) is 82.8 cm³/mol. The highest BCUT2D eigenvalue weighted by molar-refractivity contribution is 7.11. The summed E-state index contributed by atoms with van der Waals surface area (Å²) in [5.41, 5.74) is 1.50. The molecule has 0 radical (unpaired) electrons. The van der Waals surface area contributed by atoms with Crippen LogP contribution in [0.25, 0.3) is 0 Å². The van der Waals surface area contributed by atoms with Gasteiger partial charge in [0.25, 0.3) is 5.56 Å². The van der Waals surface area contributed by atoms with Crippen molar-refractivity contribution in [1.29, 1.82) is 5.26 Å². The highest BCUT2D eigenvalue weighted by Crippen LogP contribution is 2.39. The minimum absolute atomic E-state index is 0.105. The van der Waals surface area contributed by atoms with E-state index in [1.165, 1.54) is 15.5 Å². The van der Waals surface area contributed by atoms with Gasteiger partial charge in [0.2, 0.25) is 0 Å². The van der Waals surface area contributed by atoms with Crippen LogP contribution in [-0.2, 0) is 13.5 Å². The fourth-order valence-corrected chi connectivity index (χ4v) is 3.37. The van der Waals surface area contributed by atoms with Crippen molar-refractivity contribution in [2.45, 2.75) is 12.8 Å². The Morgan fingerprint density at radius 3 is 3.10 bits per heavy atom. The van der Waals surface area contributed by atoms with Crippen molar-refractivity contribution in [2.24, 2.45) is 7.05 Å². The average molecular weight is 322 g/mol. The molecule has 2 heterocycles. The number of nitrogens with one attached hydrogen (secondary N) is 1. The average Bonchev–Trinajstić information content (AvgIpc) is 2.76. The second-order valence-corrected chi connectivity index (χ2v) is 6.23. The molecule has 5 nitrogen and oxygen atoms in total. The molecule has 1 N–H and O–H groups in total. The second kappa shape index (κ2) is 5.43. The third-order valence-electron chi connectivity index (χ3n) is 3.35. The lowest BCUT2D eigenvalue weighted by molar-refractivity contribution is 0.289. The third-order valence-corrected chi connectivity index (χ3v) is 4.60. The molecule has 108 valence electrons. The lowest BCUT2D eigenvalue weighted by atomic mass is 10.0. The van der Waals surface area contributed by atoms with E-state index in [0.29, 0.717) is 22.3 Å². The first-order valence-electron chi connectivity index (χ1n) is 6.43. The lowest BCUT2D eigenvalue weighted by Gasteiger charge is -2.21. The molecule has 0 unspecified atom stereocenters. The third kappa shape index (κ3) is 2.39. The number of nitrogens with zero attached hydrogens (tertiary/aromatic N) is 2. The van der Waals surface area contributed by atoms with Crippen LogP contribution in [0.3, 0.4) is 0 Å². The fourth-order valence-electron chi connectivity index (χ4n) is 2.33.